The van der Waals surface area contributed by atoms with Gasteiger partial charge in [-0.15, -0.1) is 0 Å². The minimum absolute atomic E-state index is 0.116. The van der Waals surface area contributed by atoms with E-state index >= 15 is 0 Å². The zero-order valence-electron chi connectivity index (χ0n) is 12.2. The van der Waals surface area contributed by atoms with Crippen LogP contribution in [0.4, 0.5) is 11.5 Å². The first-order valence-electron chi connectivity index (χ1n) is 6.90. The molecule has 0 unspecified atom stereocenters. The van der Waals surface area contributed by atoms with Crippen LogP contribution in [-0.4, -0.2) is 21.4 Å². The monoisotopic (exact) mass is 286 g/mol. The van der Waals surface area contributed by atoms with E-state index in [-0.39, 0.29) is 5.69 Å². The van der Waals surface area contributed by atoms with Crippen molar-refractivity contribution in [1.82, 2.24) is 9.97 Å². The number of non-ortho nitro benzene ring substituents is 1. The van der Waals surface area contributed by atoms with Gasteiger partial charge in [0.1, 0.15) is 11.6 Å². The zero-order chi connectivity index (χ0) is 15.2. The summed E-state index contributed by atoms with van der Waals surface area (Å²) >= 11 is 0. The first kappa shape index (κ1) is 14.9. The molecule has 110 valence electrons. The van der Waals surface area contributed by atoms with Crippen LogP contribution in [0.15, 0.2) is 30.3 Å². The lowest BCUT2D eigenvalue weighted by molar-refractivity contribution is -0.384. The van der Waals surface area contributed by atoms with Crippen molar-refractivity contribution in [3.63, 3.8) is 0 Å². The minimum Gasteiger partial charge on any atom is -0.370 e. The van der Waals surface area contributed by atoms with Gasteiger partial charge in [0.05, 0.1) is 4.92 Å². The lowest BCUT2D eigenvalue weighted by Gasteiger charge is -2.08. The van der Waals surface area contributed by atoms with E-state index in [2.05, 4.69) is 22.2 Å². The standard InChI is InChI=1S/C15H18N4O2/c1-3-13-10-15(18-11(2)17-13)16-9-8-12-4-6-14(7-5-12)19(20)21/h4-7,10H,3,8-9H2,1-2H3,(H,16,17,18). The fourth-order valence-corrected chi connectivity index (χ4v) is 2.02. The second-order valence-electron chi connectivity index (χ2n) is 4.75. The molecule has 0 bridgehead atoms. The molecule has 0 atom stereocenters. The van der Waals surface area contributed by atoms with Crippen LogP contribution in [0.3, 0.4) is 0 Å². The Morgan fingerprint density at radius 3 is 2.57 bits per heavy atom. The lowest BCUT2D eigenvalue weighted by Crippen LogP contribution is -2.08. The van der Waals surface area contributed by atoms with Crippen LogP contribution in [0.5, 0.6) is 0 Å². The number of aryl methyl sites for hydroxylation is 2. The third-order valence-corrected chi connectivity index (χ3v) is 3.12. The summed E-state index contributed by atoms with van der Waals surface area (Å²) in [5.41, 5.74) is 2.18. The molecule has 0 radical (unpaired) electrons. The van der Waals surface area contributed by atoms with Crippen molar-refractivity contribution in [2.45, 2.75) is 26.7 Å². The van der Waals surface area contributed by atoms with Crippen molar-refractivity contribution < 1.29 is 4.92 Å². The van der Waals surface area contributed by atoms with Gasteiger partial charge >= 0.3 is 0 Å². The number of aromatic nitrogens is 2. The van der Waals surface area contributed by atoms with E-state index in [0.29, 0.717) is 0 Å². The summed E-state index contributed by atoms with van der Waals surface area (Å²) in [6.07, 6.45) is 1.66. The van der Waals surface area contributed by atoms with Crippen molar-refractivity contribution in [2.75, 3.05) is 11.9 Å². The molecule has 0 spiro atoms. The summed E-state index contributed by atoms with van der Waals surface area (Å²) in [4.78, 5) is 18.9. The fraction of sp³-hybridized carbons (Fsp3) is 0.333. The van der Waals surface area contributed by atoms with E-state index in [4.69, 9.17) is 0 Å². The molecule has 6 heteroatoms. The highest BCUT2D eigenvalue weighted by molar-refractivity contribution is 5.37. The second-order valence-corrected chi connectivity index (χ2v) is 4.75. The van der Waals surface area contributed by atoms with E-state index in [1.807, 2.05) is 13.0 Å². The summed E-state index contributed by atoms with van der Waals surface area (Å²) < 4.78 is 0. The van der Waals surface area contributed by atoms with Crippen LogP contribution in [-0.2, 0) is 12.8 Å². The molecule has 0 aliphatic heterocycles. The predicted molar refractivity (Wildman–Crippen MR) is 81.4 cm³/mol. The van der Waals surface area contributed by atoms with Gasteiger partial charge in [-0.3, -0.25) is 10.1 Å². The van der Waals surface area contributed by atoms with E-state index in [9.17, 15) is 10.1 Å². The quantitative estimate of drug-likeness (QED) is 0.652. The predicted octanol–water partition coefficient (Wildman–Crippen LogP) is 2.91. The van der Waals surface area contributed by atoms with Crippen LogP contribution in [0.1, 0.15) is 24.0 Å². The normalized spacial score (nSPS) is 10.4. The van der Waals surface area contributed by atoms with Crippen LogP contribution >= 0.6 is 0 Å². The number of nitrogens with one attached hydrogen (secondary N) is 1. The van der Waals surface area contributed by atoms with Crippen LogP contribution in [0, 0.1) is 17.0 Å². The van der Waals surface area contributed by atoms with E-state index in [1.165, 1.54) is 12.1 Å². The van der Waals surface area contributed by atoms with Gasteiger partial charge in [0, 0.05) is 30.4 Å². The van der Waals surface area contributed by atoms with Gasteiger partial charge in [-0.05, 0) is 25.3 Å². The van der Waals surface area contributed by atoms with Crippen molar-refractivity contribution in [3.05, 3.63) is 57.5 Å². The van der Waals surface area contributed by atoms with Crippen molar-refractivity contribution in [3.8, 4) is 0 Å². The van der Waals surface area contributed by atoms with E-state index in [1.54, 1.807) is 12.1 Å². The molecule has 2 aromatic rings. The van der Waals surface area contributed by atoms with Crippen LogP contribution in [0.2, 0.25) is 0 Å². The average molecular weight is 286 g/mol. The molecular weight excluding hydrogens is 268 g/mol. The Bertz CT molecular complexity index is 626. The van der Waals surface area contributed by atoms with Gasteiger partial charge in [0.25, 0.3) is 5.69 Å². The highest BCUT2D eigenvalue weighted by Crippen LogP contribution is 2.13. The third-order valence-electron chi connectivity index (χ3n) is 3.12. The number of benzene rings is 1. The Morgan fingerprint density at radius 1 is 1.24 bits per heavy atom. The van der Waals surface area contributed by atoms with Gasteiger partial charge < -0.3 is 5.32 Å². The molecule has 1 aromatic heterocycles. The number of rotatable bonds is 6. The average Bonchev–Trinajstić information content (AvgIpc) is 2.47. The van der Waals surface area contributed by atoms with Crippen molar-refractivity contribution in [1.29, 1.82) is 0 Å². The summed E-state index contributed by atoms with van der Waals surface area (Å²) in [5.74, 6) is 1.58. The zero-order valence-corrected chi connectivity index (χ0v) is 12.2. The molecule has 0 amide bonds. The molecule has 1 heterocycles. The summed E-state index contributed by atoms with van der Waals surface area (Å²) in [6, 6.07) is 8.56. The lowest BCUT2D eigenvalue weighted by atomic mass is 10.1. The van der Waals surface area contributed by atoms with E-state index < -0.39 is 4.92 Å². The molecule has 0 saturated heterocycles. The Balaban J connectivity index is 1.92. The van der Waals surface area contributed by atoms with Crippen molar-refractivity contribution >= 4 is 11.5 Å². The number of anilines is 1. The maximum atomic E-state index is 10.6. The number of nitro benzene ring substituents is 1. The fourth-order valence-electron chi connectivity index (χ4n) is 2.02. The largest absolute Gasteiger partial charge is 0.370 e. The van der Waals surface area contributed by atoms with Gasteiger partial charge in [-0.25, -0.2) is 9.97 Å². The number of nitrogens with zero attached hydrogens (tertiary/aromatic N) is 3. The molecule has 0 aliphatic carbocycles. The Labute approximate surface area is 123 Å². The SMILES string of the molecule is CCc1cc(NCCc2ccc([N+](=O)[O-])cc2)nc(C)n1. The van der Waals surface area contributed by atoms with Crippen LogP contribution < -0.4 is 5.32 Å². The summed E-state index contributed by atoms with van der Waals surface area (Å²) in [6.45, 7) is 4.65. The number of hydrogen-bond acceptors (Lipinski definition) is 5. The highest BCUT2D eigenvalue weighted by Gasteiger charge is 2.04. The molecule has 0 saturated carbocycles. The molecule has 1 N–H and O–H groups in total. The smallest absolute Gasteiger partial charge is 0.269 e. The van der Waals surface area contributed by atoms with Gasteiger partial charge in [0.2, 0.25) is 0 Å². The Morgan fingerprint density at radius 2 is 1.95 bits per heavy atom. The molecule has 2 rings (SSSR count). The molecule has 6 nitrogen and oxygen atoms in total. The first-order valence-corrected chi connectivity index (χ1v) is 6.90. The first-order chi connectivity index (χ1) is 10.1. The topological polar surface area (TPSA) is 81.0 Å². The van der Waals surface area contributed by atoms with Gasteiger partial charge in [-0.2, -0.15) is 0 Å². The second kappa shape index (κ2) is 6.78. The maximum absolute atomic E-state index is 10.6. The Kier molecular flexibility index (Phi) is 4.81. The molecular formula is C15H18N4O2. The summed E-state index contributed by atoms with van der Waals surface area (Å²) in [5, 5.41) is 13.8. The number of nitro groups is 1. The third kappa shape index (κ3) is 4.24. The highest BCUT2D eigenvalue weighted by atomic mass is 16.6. The minimum atomic E-state index is -0.391. The molecule has 21 heavy (non-hydrogen) atoms. The maximum Gasteiger partial charge on any atom is 0.269 e. The van der Waals surface area contributed by atoms with Gasteiger partial charge in [-0.1, -0.05) is 19.1 Å². The molecule has 0 fully saturated rings. The van der Waals surface area contributed by atoms with Crippen molar-refractivity contribution in [2.24, 2.45) is 0 Å². The number of hydrogen-bond donors (Lipinski definition) is 1. The van der Waals surface area contributed by atoms with Gasteiger partial charge in [0.15, 0.2) is 0 Å². The molecule has 0 aliphatic rings. The van der Waals surface area contributed by atoms with Crippen LogP contribution in [0.25, 0.3) is 0 Å². The summed E-state index contributed by atoms with van der Waals surface area (Å²) in [7, 11) is 0. The molecule has 1 aromatic carbocycles. The van der Waals surface area contributed by atoms with E-state index in [0.717, 1.165) is 42.3 Å². The Hall–Kier alpha value is -2.50.